The van der Waals surface area contributed by atoms with Crippen molar-refractivity contribution in [1.82, 2.24) is 0 Å². The molecule has 0 atom stereocenters. The quantitative estimate of drug-likeness (QED) is 0.463. The molecule has 0 spiro atoms. The molecule has 0 bridgehead atoms. The number of carboxylic acid groups (broad SMARTS) is 1. The first-order valence-electron chi connectivity index (χ1n) is 3.71. The topological polar surface area (TPSA) is 107 Å². The van der Waals surface area contributed by atoms with E-state index in [0.29, 0.717) is 0 Å². The fraction of sp³-hybridized carbons (Fsp3) is 0. The minimum atomic E-state index is -1.36. The number of carboxylic acids is 1. The van der Waals surface area contributed by atoms with Crippen molar-refractivity contribution in [2.24, 2.45) is 0 Å². The van der Waals surface area contributed by atoms with Gasteiger partial charge in [-0.1, -0.05) is 12.1 Å². The predicted octanol–water partition coefficient (Wildman–Crippen LogP) is 0.0848. The van der Waals surface area contributed by atoms with Gasteiger partial charge in [0, 0.05) is 0 Å². The SMILES string of the molecule is O=C(O)c1ccccc1C(=O)O[N+](=O)[O-].[KH]. The van der Waals surface area contributed by atoms with Gasteiger partial charge in [-0.25, -0.2) is 9.63 Å². The van der Waals surface area contributed by atoms with Gasteiger partial charge in [-0.15, -0.1) is 10.1 Å². The molecule has 7 nitrogen and oxygen atoms in total. The summed E-state index contributed by atoms with van der Waals surface area (Å²) >= 11 is 0. The first-order chi connectivity index (χ1) is 7.02. The first-order valence-corrected chi connectivity index (χ1v) is 3.71. The van der Waals surface area contributed by atoms with E-state index in [9.17, 15) is 19.7 Å². The summed E-state index contributed by atoms with van der Waals surface area (Å²) in [6.07, 6.45) is 0. The summed E-state index contributed by atoms with van der Waals surface area (Å²) in [5, 5.41) is 17.3. The molecule has 1 aromatic rings. The summed E-state index contributed by atoms with van der Waals surface area (Å²) in [5.74, 6) is -2.66. The zero-order valence-electron chi connectivity index (χ0n) is 7.25. The van der Waals surface area contributed by atoms with E-state index in [-0.39, 0.29) is 62.5 Å². The molecule has 0 aromatic heterocycles. The molecule has 8 heteroatoms. The summed E-state index contributed by atoms with van der Waals surface area (Å²) in [6.45, 7) is 0. The van der Waals surface area contributed by atoms with Crippen LogP contribution in [-0.4, -0.2) is 73.5 Å². The summed E-state index contributed by atoms with van der Waals surface area (Å²) in [4.78, 5) is 35.2. The molecule has 80 valence electrons. The van der Waals surface area contributed by atoms with Crippen LogP contribution < -0.4 is 0 Å². The number of hydrogen-bond acceptors (Lipinski definition) is 5. The van der Waals surface area contributed by atoms with Crippen molar-refractivity contribution in [3.05, 3.63) is 45.5 Å². The maximum absolute atomic E-state index is 11.1. The number of aromatic carboxylic acids is 1. The van der Waals surface area contributed by atoms with Gasteiger partial charge in [-0.05, 0) is 12.1 Å². The average Bonchev–Trinajstić information content (AvgIpc) is 2.16. The molecule has 0 radical (unpaired) electrons. The van der Waals surface area contributed by atoms with Crippen LogP contribution in [0.1, 0.15) is 20.7 Å². The van der Waals surface area contributed by atoms with Crippen molar-refractivity contribution in [3.8, 4) is 0 Å². The normalized spacial score (nSPS) is 8.75. The summed E-state index contributed by atoms with van der Waals surface area (Å²) in [5.41, 5.74) is -0.703. The van der Waals surface area contributed by atoms with E-state index in [2.05, 4.69) is 4.84 Å². The van der Waals surface area contributed by atoms with Crippen LogP contribution in [0.3, 0.4) is 0 Å². The summed E-state index contributed by atoms with van der Waals surface area (Å²) in [7, 11) is 0. The third-order valence-corrected chi connectivity index (χ3v) is 1.53. The van der Waals surface area contributed by atoms with E-state index in [1.807, 2.05) is 0 Å². The minimum absolute atomic E-state index is 0. The molecule has 0 fully saturated rings. The maximum atomic E-state index is 11.1. The molecule has 0 heterocycles. The van der Waals surface area contributed by atoms with Gasteiger partial charge in [0.05, 0.1) is 11.1 Å². The number of carbonyl (C=O) groups excluding carboxylic acids is 1. The third kappa shape index (κ3) is 3.98. The number of nitrogens with zero attached hydrogens (tertiary/aromatic N) is 1. The number of rotatable bonds is 3. The Bertz CT molecular complexity index is 432. The Hall–Kier alpha value is -0.804. The second kappa shape index (κ2) is 6.71. The van der Waals surface area contributed by atoms with E-state index in [4.69, 9.17) is 5.11 Å². The Morgan fingerprint density at radius 3 is 2.19 bits per heavy atom. The van der Waals surface area contributed by atoms with Gasteiger partial charge in [-0.3, -0.25) is 4.79 Å². The number of hydrogen-bond donors (Lipinski definition) is 1. The Balaban J connectivity index is 0.00000225. The molecule has 0 unspecified atom stereocenters. The van der Waals surface area contributed by atoms with Crippen LogP contribution in [0.15, 0.2) is 24.3 Å². The molecular weight excluding hydrogens is 245 g/mol. The van der Waals surface area contributed by atoms with Gasteiger partial charge < -0.3 is 5.11 Å². The third-order valence-electron chi connectivity index (χ3n) is 1.53. The van der Waals surface area contributed by atoms with Gasteiger partial charge >= 0.3 is 68.4 Å². The molecule has 0 amide bonds. The van der Waals surface area contributed by atoms with Crippen LogP contribution in [0.2, 0.25) is 0 Å². The second-order valence-corrected chi connectivity index (χ2v) is 2.45. The second-order valence-electron chi connectivity index (χ2n) is 2.45. The van der Waals surface area contributed by atoms with E-state index in [1.165, 1.54) is 12.1 Å². The van der Waals surface area contributed by atoms with Crippen molar-refractivity contribution >= 4 is 63.3 Å². The summed E-state index contributed by atoms with van der Waals surface area (Å²) < 4.78 is 0. The molecule has 0 saturated heterocycles. The van der Waals surface area contributed by atoms with Crippen molar-refractivity contribution in [1.29, 1.82) is 0 Å². The number of carbonyl (C=O) groups is 2. The molecule has 0 aliphatic rings. The van der Waals surface area contributed by atoms with Crippen molar-refractivity contribution < 1.29 is 24.6 Å². The van der Waals surface area contributed by atoms with E-state index in [0.717, 1.165) is 12.1 Å². The Labute approximate surface area is 132 Å². The van der Waals surface area contributed by atoms with E-state index < -0.39 is 17.0 Å². The molecular formula is C8H6KNO6. The van der Waals surface area contributed by atoms with Gasteiger partial charge in [-0.2, -0.15) is 0 Å². The van der Waals surface area contributed by atoms with E-state index in [1.54, 1.807) is 0 Å². The van der Waals surface area contributed by atoms with Crippen LogP contribution >= 0.6 is 0 Å². The number of benzene rings is 1. The molecule has 0 saturated carbocycles. The van der Waals surface area contributed by atoms with Crippen LogP contribution in [0, 0.1) is 10.1 Å². The summed E-state index contributed by atoms with van der Waals surface area (Å²) in [6, 6.07) is 5.06. The fourth-order valence-corrected chi connectivity index (χ4v) is 0.964. The molecule has 1 aromatic carbocycles. The molecule has 16 heavy (non-hydrogen) atoms. The van der Waals surface area contributed by atoms with Crippen LogP contribution in [0.25, 0.3) is 0 Å². The first kappa shape index (κ1) is 15.2. The fourth-order valence-electron chi connectivity index (χ4n) is 0.964. The molecule has 1 rings (SSSR count). The van der Waals surface area contributed by atoms with Crippen LogP contribution in [-0.2, 0) is 4.84 Å². The van der Waals surface area contributed by atoms with Crippen molar-refractivity contribution in [2.45, 2.75) is 0 Å². The zero-order chi connectivity index (χ0) is 11.4. The average molecular weight is 251 g/mol. The van der Waals surface area contributed by atoms with Gasteiger partial charge in [0.2, 0.25) is 0 Å². The van der Waals surface area contributed by atoms with Crippen molar-refractivity contribution in [2.75, 3.05) is 0 Å². The predicted molar refractivity (Wildman–Crippen MR) is 53.0 cm³/mol. The van der Waals surface area contributed by atoms with Gasteiger partial charge in [0.1, 0.15) is 0 Å². The van der Waals surface area contributed by atoms with Crippen LogP contribution in [0.5, 0.6) is 0 Å². The molecule has 0 aliphatic heterocycles. The van der Waals surface area contributed by atoms with Crippen molar-refractivity contribution in [3.63, 3.8) is 0 Å². The van der Waals surface area contributed by atoms with Crippen LogP contribution in [0.4, 0.5) is 0 Å². The molecule has 0 aliphatic carbocycles. The molecule has 1 N–H and O–H groups in total. The van der Waals surface area contributed by atoms with Gasteiger partial charge in [0.25, 0.3) is 0 Å². The standard InChI is InChI=1S/C8H5NO6.K.H/c10-7(11)5-3-1-2-4-6(5)8(12)15-9(13)14;;/h1-4H,(H,10,11);;. The Morgan fingerprint density at radius 2 is 1.75 bits per heavy atom. The zero-order valence-corrected chi connectivity index (χ0v) is 7.25. The monoisotopic (exact) mass is 251 g/mol. The van der Waals surface area contributed by atoms with Gasteiger partial charge in [0.15, 0.2) is 0 Å². The Morgan fingerprint density at radius 1 is 1.25 bits per heavy atom. The Kier molecular flexibility index (Phi) is 6.37. The van der Waals surface area contributed by atoms with E-state index >= 15 is 0 Å².